The first-order chi connectivity index (χ1) is 57.6. The maximum atomic E-state index is 10.5. The van der Waals surface area contributed by atoms with E-state index in [1.165, 1.54) is 71.9 Å². The van der Waals surface area contributed by atoms with Gasteiger partial charge in [0.1, 0.15) is 0 Å². The summed E-state index contributed by atoms with van der Waals surface area (Å²) in [6.07, 6.45) is 13.2. The number of guanidine groups is 2. The number of aliphatic imine (C=N–C) groups is 3. The predicted molar refractivity (Wildman–Crippen MR) is 506 cm³/mol. The van der Waals surface area contributed by atoms with Crippen molar-refractivity contribution in [2.24, 2.45) is 15.0 Å². The van der Waals surface area contributed by atoms with Gasteiger partial charge in [0, 0.05) is 231 Å². The molecule has 122 heavy (non-hydrogen) atoms. The zero-order valence-electron chi connectivity index (χ0n) is 67.0. The number of aromatic nitrogens is 6. The summed E-state index contributed by atoms with van der Waals surface area (Å²) in [7, 11) is -3.06. The number of H-pyrrole nitrogens is 6. The highest BCUT2D eigenvalue weighted by Gasteiger charge is 2.20. The standard InChI is InChI=1S/2C12H14N4.C9H10N2O2.C9H8N2O2.2C9H10N2.C8H7BrN2.C8H8N2O2.C3H6N2O3S.C3H6N2S.CH4O.2CH4/c2*1-8-6-10(16-12-14-4-5-15-12)7-9-2-3-13-11(8)9;2*1-6-4-8(11(12)13)5-7-2-3-10-9(6)7;2*1-6-4-8(10)5-7-2-3-11-9(6)7;9-7-4-6(10)3-5-1-2-11-8(5)7;11-10(12)7-1-2-8-6(5-7)3-4-9-8;6-9(7,8)3-4-1-2-5-3;6-3-4-1-2-5-3;1-2;;/h2*2-3,6-7,13H,4-5H2,1H3,(H2,14,15,16);4-5,10H,2-3H2,1H3;2-5,10H,1H3;2*2-5,11H,10H2,1H3;1-4,11H,10H2;1-2,5,9H,3-4H2;1-2H2,(H,4,5)(H,6,7,8);1-2H2,(H2,4,5,6);2H,1H3;2*1H4. The number of aromatic amines is 6. The Labute approximate surface area is 719 Å². The summed E-state index contributed by atoms with van der Waals surface area (Å²) in [5, 5.41) is 73.4. The minimum absolute atomic E-state index is 0. The first-order valence-corrected chi connectivity index (χ1v) is 40.7. The minimum atomic E-state index is -4.06. The lowest BCUT2D eigenvalue weighted by molar-refractivity contribution is -0.385. The van der Waals surface area contributed by atoms with Crippen LogP contribution in [0.2, 0.25) is 0 Å². The zero-order valence-corrected chi connectivity index (χ0v) is 70.2. The second-order valence-electron chi connectivity index (χ2n) is 27.8. The van der Waals surface area contributed by atoms with Gasteiger partial charge in [-0.05, 0) is 230 Å². The van der Waals surface area contributed by atoms with Crippen molar-refractivity contribution >= 4 is 183 Å². The van der Waals surface area contributed by atoms with Crippen molar-refractivity contribution in [3.63, 3.8) is 0 Å². The first kappa shape index (κ1) is 93.7. The number of non-ortho nitro benzene ring substituents is 3. The average Bonchev–Trinajstić information content (AvgIpc) is 1.67. The number of fused-ring (bicyclic) bond motifs is 8. The molecular weight excluding hydrogens is 1660 g/mol. The molecule has 6 aliphatic heterocycles. The van der Waals surface area contributed by atoms with Crippen molar-refractivity contribution in [2.75, 3.05) is 111 Å². The molecule has 1 saturated heterocycles. The number of halogens is 1. The highest BCUT2D eigenvalue weighted by atomic mass is 79.9. The Bertz CT molecular complexity index is 5890. The van der Waals surface area contributed by atoms with E-state index in [4.69, 9.17) is 39.1 Å². The van der Waals surface area contributed by atoms with E-state index in [0.29, 0.717) is 13.1 Å². The Morgan fingerprint density at radius 3 is 1.19 bits per heavy atom. The fourth-order valence-electron chi connectivity index (χ4n) is 13.5. The summed E-state index contributed by atoms with van der Waals surface area (Å²) in [6, 6.07) is 43.6. The number of aliphatic hydroxyl groups is 1. The summed E-state index contributed by atoms with van der Waals surface area (Å²) in [4.78, 5) is 61.4. The van der Waals surface area contributed by atoms with Gasteiger partial charge in [0.25, 0.3) is 17.1 Å². The number of nitrogens with zero attached hydrogens (tertiary/aromatic N) is 6. The molecule has 0 radical (unpaired) electrons. The summed E-state index contributed by atoms with van der Waals surface area (Å²) >= 11 is 8.11. The van der Waals surface area contributed by atoms with Gasteiger partial charge in [-0.1, -0.05) is 14.9 Å². The highest BCUT2D eigenvalue weighted by Crippen LogP contribution is 2.32. The molecular formula is C85H105BrN24O10S2. The van der Waals surface area contributed by atoms with Gasteiger partial charge in [0.2, 0.25) is 5.17 Å². The second kappa shape index (κ2) is 44.3. The average molecular weight is 1770 g/mol. The topological polar surface area (TPSA) is 522 Å². The highest BCUT2D eigenvalue weighted by molar-refractivity contribution is 9.10. The van der Waals surface area contributed by atoms with Gasteiger partial charge in [-0.15, -0.1) is 0 Å². The van der Waals surface area contributed by atoms with Gasteiger partial charge in [-0.2, -0.15) is 8.42 Å². The van der Waals surface area contributed by atoms with Crippen molar-refractivity contribution < 1.29 is 32.8 Å². The number of nitrogens with two attached hydrogens (primary N) is 3. The molecule has 8 aromatic carbocycles. The number of benzene rings is 8. The van der Waals surface area contributed by atoms with E-state index < -0.39 is 10.1 Å². The maximum absolute atomic E-state index is 10.5. The molecule has 20 rings (SSSR count). The van der Waals surface area contributed by atoms with Gasteiger partial charge in [0.05, 0.1) is 39.9 Å². The van der Waals surface area contributed by atoms with Crippen molar-refractivity contribution in [1.82, 2.24) is 56.5 Å². The summed E-state index contributed by atoms with van der Waals surface area (Å²) < 4.78 is 29.7. The number of amidine groups is 1. The van der Waals surface area contributed by atoms with E-state index in [-0.39, 0.29) is 51.9 Å². The lowest BCUT2D eigenvalue weighted by atomic mass is 10.1. The lowest BCUT2D eigenvalue weighted by Gasteiger charge is -2.08. The first-order valence-electron chi connectivity index (χ1n) is 38.0. The van der Waals surface area contributed by atoms with Crippen LogP contribution >= 0.6 is 28.1 Å². The Morgan fingerprint density at radius 1 is 0.410 bits per heavy atom. The Hall–Kier alpha value is -13.8. The molecule has 23 N–H and O–H groups in total. The molecule has 0 saturated carbocycles. The molecule has 37 heteroatoms. The van der Waals surface area contributed by atoms with Gasteiger partial charge in [0.15, 0.2) is 17.0 Å². The fraction of sp³-hybridized carbons (Fsp3) is 0.247. The van der Waals surface area contributed by atoms with Crippen LogP contribution in [0.3, 0.4) is 0 Å². The third-order valence-corrected chi connectivity index (χ3v) is 20.6. The van der Waals surface area contributed by atoms with Gasteiger partial charge >= 0.3 is 10.1 Å². The Balaban J connectivity index is 0.000000169. The van der Waals surface area contributed by atoms with Crippen LogP contribution in [0.15, 0.2) is 196 Å². The Kier molecular flexibility index (Phi) is 34.1. The number of thiocarbonyl (C=S) groups is 1. The lowest BCUT2D eigenvalue weighted by Crippen LogP contribution is -2.26. The van der Waals surface area contributed by atoms with E-state index in [0.717, 1.165) is 178 Å². The number of anilines is 7. The van der Waals surface area contributed by atoms with Gasteiger partial charge in [-0.3, -0.25) is 49.9 Å². The summed E-state index contributed by atoms with van der Waals surface area (Å²) in [5.74, 6) is 1.74. The van der Waals surface area contributed by atoms with Gasteiger partial charge in [-0.25, -0.2) is 0 Å². The molecule has 12 heterocycles. The van der Waals surface area contributed by atoms with Crippen LogP contribution in [0.25, 0.3) is 65.4 Å². The molecule has 0 amide bonds. The molecule has 0 atom stereocenters. The van der Waals surface area contributed by atoms with Crippen LogP contribution in [-0.2, 0) is 23.0 Å². The van der Waals surface area contributed by atoms with Crippen LogP contribution in [0.5, 0.6) is 0 Å². The Morgan fingerprint density at radius 2 is 0.779 bits per heavy atom. The molecule has 34 nitrogen and oxygen atoms in total. The third kappa shape index (κ3) is 25.9. The van der Waals surface area contributed by atoms with Crippen molar-refractivity contribution in [1.29, 1.82) is 0 Å². The molecule has 1 fully saturated rings. The smallest absolute Gasteiger partial charge is 0.327 e. The van der Waals surface area contributed by atoms with E-state index in [1.807, 2.05) is 105 Å². The van der Waals surface area contributed by atoms with Crippen LogP contribution in [-0.4, -0.2) is 158 Å². The fourth-order valence-corrected chi connectivity index (χ4v) is 14.9. The molecule has 6 aromatic heterocycles. The molecule has 0 spiro atoms. The number of nitro benzene ring substituents is 3. The second-order valence-corrected chi connectivity index (χ2v) is 30.4. The van der Waals surface area contributed by atoms with Gasteiger partial charge < -0.3 is 100 Å². The number of rotatable bonds is 5. The third-order valence-electron chi connectivity index (χ3n) is 18.9. The van der Waals surface area contributed by atoms with E-state index in [1.54, 1.807) is 42.6 Å². The van der Waals surface area contributed by atoms with Crippen LogP contribution < -0.4 is 65.1 Å². The number of hydrogen-bond acceptors (Lipinski definition) is 23. The van der Waals surface area contributed by atoms with E-state index in [2.05, 4.69) is 173 Å². The van der Waals surface area contributed by atoms with E-state index in [9.17, 15) is 38.8 Å². The molecule has 6 aliphatic rings. The number of nitrogen functional groups attached to an aromatic ring is 3. The van der Waals surface area contributed by atoms with Crippen molar-refractivity contribution in [2.45, 2.75) is 69.2 Å². The summed E-state index contributed by atoms with van der Waals surface area (Å²) in [5.41, 5.74) is 39.9. The molecule has 14 aromatic rings. The monoisotopic (exact) mass is 1760 g/mol. The SMILES string of the molecule is C.C.CO.Cc1cc(N)cc2cc[nH]c12.Cc1cc(N)cc2cc[nH]c12.Cc1cc(NC2=NCCN2)cc2cc[nH]c12.Cc1cc(NC2=NCCN2)cc2cc[nH]c12.Cc1cc([N+](=O)[O-])cc2c1NCC2.Cc1cc([N+](=O)[O-])cc2cc[nH]c12.Nc1cc(Br)c2[nH]ccc2c1.O=S(=O)(O)C1=NCCN1.O=[N+]([O-])c1ccc2c(c1)CCN2.S=C1NCCN1. The van der Waals surface area contributed by atoms with Crippen molar-refractivity contribution in [3.05, 3.63) is 256 Å². The van der Waals surface area contributed by atoms with E-state index >= 15 is 0 Å². The quantitative estimate of drug-likeness (QED) is 0.0250. The zero-order chi connectivity index (χ0) is 86.2. The number of nitrogens with one attached hydrogen (secondary N) is 15. The summed E-state index contributed by atoms with van der Waals surface area (Å²) in [6.45, 7) is 20.3. The van der Waals surface area contributed by atoms with Crippen LogP contribution in [0, 0.1) is 71.9 Å². The number of nitro groups is 3. The van der Waals surface area contributed by atoms with Crippen LogP contribution in [0.1, 0.15) is 59.4 Å². The maximum Gasteiger partial charge on any atom is 0.327 e. The molecule has 0 bridgehead atoms. The molecule has 0 aliphatic carbocycles. The van der Waals surface area contributed by atoms with Crippen LogP contribution in [0.4, 0.5) is 56.9 Å². The molecule has 0 unspecified atom stereocenters. The predicted octanol–water partition coefficient (Wildman–Crippen LogP) is 15.3. The van der Waals surface area contributed by atoms with Crippen molar-refractivity contribution in [3.8, 4) is 0 Å². The largest absolute Gasteiger partial charge is 0.400 e. The normalized spacial score (nSPS) is 13.1. The number of aliphatic hydroxyl groups excluding tert-OH is 1. The number of aryl methyl sites for hydroxylation is 6. The minimum Gasteiger partial charge on any atom is -0.400 e. The molecule has 644 valence electrons. The number of hydrogen-bond donors (Lipinski definition) is 20.